The molecule has 2 heterocycles. The van der Waals surface area contributed by atoms with Gasteiger partial charge in [0.2, 0.25) is 0 Å². The molecule has 5 heteroatoms. The van der Waals surface area contributed by atoms with Crippen molar-refractivity contribution in [2.75, 3.05) is 7.05 Å². The fraction of sp³-hybridized carbons (Fsp3) is 0.0345. The molecule has 0 saturated carbocycles. The molecule has 0 N–H and O–H groups in total. The third kappa shape index (κ3) is 3.03. The predicted molar refractivity (Wildman–Crippen MR) is 141 cm³/mol. The first-order valence-electron chi connectivity index (χ1n) is 11.2. The van der Waals surface area contributed by atoms with Gasteiger partial charge in [-0.1, -0.05) is 109 Å². The van der Waals surface area contributed by atoms with Gasteiger partial charge in [-0.15, -0.1) is 0 Å². The number of para-hydroxylation sites is 1. The third-order valence-corrected chi connectivity index (χ3v) is 9.96. The second-order valence-electron chi connectivity index (χ2n) is 8.28. The van der Waals surface area contributed by atoms with Gasteiger partial charge in [-0.2, -0.15) is 0 Å². The van der Waals surface area contributed by atoms with E-state index < -0.39 is 7.05 Å². The van der Waals surface area contributed by atoms with Crippen molar-refractivity contribution < 1.29 is 4.79 Å². The lowest BCUT2D eigenvalue weighted by Gasteiger charge is -2.27. The van der Waals surface area contributed by atoms with E-state index in [9.17, 15) is 4.79 Å². The molecule has 0 bridgehead atoms. The topological polar surface area (TPSA) is 45.0 Å². The number of aliphatic imine (C=N–C) groups is 1. The maximum Gasteiger partial charge on any atom is 0.278 e. The minimum atomic E-state index is -2.56. The Morgan fingerprint density at radius 2 is 1.15 bits per heavy atom. The highest BCUT2D eigenvalue weighted by atomic mass is 31.2. The van der Waals surface area contributed by atoms with E-state index in [1.165, 1.54) is 0 Å². The van der Waals surface area contributed by atoms with Crippen LogP contribution in [0.3, 0.4) is 0 Å². The number of amidine groups is 1. The molecule has 0 saturated heterocycles. The molecule has 4 aromatic carbocycles. The third-order valence-electron chi connectivity index (χ3n) is 6.32. The Hall–Kier alpha value is -4.01. The zero-order chi connectivity index (χ0) is 23.1. The number of likely N-dealkylation sites (N-methyl/N-ethyl adjacent to an activating group) is 1. The molecule has 0 unspecified atom stereocenters. The normalized spacial score (nSPS) is 14.7. The van der Waals surface area contributed by atoms with Crippen LogP contribution in [0.5, 0.6) is 0 Å². The molecule has 1 amide bonds. The van der Waals surface area contributed by atoms with E-state index in [2.05, 4.69) is 36.4 Å². The molecule has 0 atom stereocenters. The second kappa shape index (κ2) is 8.09. The number of fused-ring (bicyclic) bond motifs is 3. The van der Waals surface area contributed by atoms with Gasteiger partial charge < -0.3 is 0 Å². The van der Waals surface area contributed by atoms with Crippen LogP contribution in [0, 0.1) is 0 Å². The Balaban J connectivity index is 1.77. The molecule has 2 aliphatic rings. The second-order valence-corrected chi connectivity index (χ2v) is 11.3. The van der Waals surface area contributed by atoms with Crippen molar-refractivity contribution in [1.29, 1.82) is 0 Å². The molecule has 0 spiro atoms. The van der Waals surface area contributed by atoms with E-state index >= 15 is 0 Å². The van der Waals surface area contributed by atoms with Gasteiger partial charge in [-0.3, -0.25) is 9.69 Å². The maximum absolute atomic E-state index is 13.6. The molecule has 4 nitrogen and oxygen atoms in total. The first-order valence-corrected chi connectivity index (χ1v) is 12.9. The number of amides is 1. The summed E-state index contributed by atoms with van der Waals surface area (Å²) in [4.78, 5) is 20.0. The fourth-order valence-corrected chi connectivity index (χ4v) is 8.24. The highest BCUT2D eigenvalue weighted by Crippen LogP contribution is 2.51. The van der Waals surface area contributed by atoms with Crippen LogP contribution in [0.15, 0.2) is 131 Å². The summed E-state index contributed by atoms with van der Waals surface area (Å²) >= 11 is 0. The van der Waals surface area contributed by atoms with E-state index in [-0.39, 0.29) is 5.91 Å². The van der Waals surface area contributed by atoms with E-state index in [0.717, 1.165) is 32.7 Å². The Kier molecular flexibility index (Phi) is 4.90. The van der Waals surface area contributed by atoms with Gasteiger partial charge in [0.25, 0.3) is 5.91 Å². The number of rotatable bonds is 4. The van der Waals surface area contributed by atoms with Crippen LogP contribution in [0.4, 0.5) is 5.69 Å². The van der Waals surface area contributed by atoms with Crippen molar-refractivity contribution in [3.8, 4) is 0 Å². The average molecular weight is 459 g/mol. The van der Waals surface area contributed by atoms with Crippen LogP contribution in [-0.4, -0.2) is 23.7 Å². The monoisotopic (exact) mass is 459 g/mol. The lowest BCUT2D eigenvalue weighted by Crippen LogP contribution is -2.28. The average Bonchev–Trinajstić information content (AvgIpc) is 3.39. The van der Waals surface area contributed by atoms with Gasteiger partial charge in [-0.25, -0.2) is 9.74 Å². The first-order chi connectivity index (χ1) is 16.7. The Morgan fingerprint density at radius 3 is 1.68 bits per heavy atom. The SMILES string of the molecule is CN1C(=O)C(N=P(c2ccccc2)(c2ccccc2)c2ccccc2)=C2C1=Nc1ccccc12. The summed E-state index contributed by atoms with van der Waals surface area (Å²) in [5, 5.41) is 3.31. The number of carbonyl (C=O) groups is 1. The van der Waals surface area contributed by atoms with Crippen molar-refractivity contribution in [3.63, 3.8) is 0 Å². The van der Waals surface area contributed by atoms with Crippen LogP contribution < -0.4 is 15.9 Å². The van der Waals surface area contributed by atoms with Crippen molar-refractivity contribution in [2.45, 2.75) is 0 Å². The van der Waals surface area contributed by atoms with Crippen LogP contribution in [-0.2, 0) is 4.79 Å². The summed E-state index contributed by atoms with van der Waals surface area (Å²) in [7, 11) is -0.782. The van der Waals surface area contributed by atoms with E-state index in [0.29, 0.717) is 11.5 Å². The van der Waals surface area contributed by atoms with Gasteiger partial charge in [0.15, 0.2) is 0 Å². The molecule has 0 radical (unpaired) electrons. The molecule has 0 aliphatic carbocycles. The zero-order valence-electron chi connectivity index (χ0n) is 18.7. The number of hydrogen-bond acceptors (Lipinski definition) is 3. The summed E-state index contributed by atoms with van der Waals surface area (Å²) in [6.45, 7) is 0. The van der Waals surface area contributed by atoms with Gasteiger partial charge in [-0.05, 0) is 6.07 Å². The van der Waals surface area contributed by atoms with E-state index in [1.54, 1.807) is 11.9 Å². The molecule has 2 aliphatic heterocycles. The summed E-state index contributed by atoms with van der Waals surface area (Å²) < 4.78 is 5.51. The standard InChI is InChI=1S/C29H22N3OP/c1-32-28-26(24-19-11-12-20-25(24)30-28)27(29(32)33)31-34(21-13-5-2-6-14-21,22-15-7-3-8-16-22)23-17-9-4-10-18-23/h2-20H,1H3. The molecule has 6 rings (SSSR count). The summed E-state index contributed by atoms with van der Waals surface area (Å²) in [6.07, 6.45) is 0. The lowest BCUT2D eigenvalue weighted by molar-refractivity contribution is -0.122. The Morgan fingerprint density at radius 1 is 0.676 bits per heavy atom. The highest BCUT2D eigenvalue weighted by Gasteiger charge is 2.41. The molecular weight excluding hydrogens is 437 g/mol. The number of nitrogens with zero attached hydrogens (tertiary/aromatic N) is 3. The van der Waals surface area contributed by atoms with Crippen LogP contribution in [0.25, 0.3) is 5.57 Å². The molecular formula is C29H22N3OP. The van der Waals surface area contributed by atoms with Gasteiger partial charge in [0.1, 0.15) is 11.5 Å². The molecule has 164 valence electrons. The van der Waals surface area contributed by atoms with E-state index in [4.69, 9.17) is 9.74 Å². The smallest absolute Gasteiger partial charge is 0.278 e. The predicted octanol–water partition coefficient (Wildman–Crippen LogP) is 5.09. The number of carbonyl (C=O) groups excluding carboxylic acids is 1. The fourth-order valence-electron chi connectivity index (χ4n) is 4.71. The first kappa shape index (κ1) is 20.6. The van der Waals surface area contributed by atoms with Crippen LogP contribution in [0.1, 0.15) is 5.56 Å². The minimum absolute atomic E-state index is 0.115. The molecule has 0 fully saturated rings. The maximum atomic E-state index is 13.6. The van der Waals surface area contributed by atoms with Gasteiger partial charge in [0.05, 0.1) is 18.3 Å². The number of hydrogen-bond donors (Lipinski definition) is 0. The molecule has 4 aromatic rings. The zero-order valence-corrected chi connectivity index (χ0v) is 19.6. The van der Waals surface area contributed by atoms with Crippen molar-refractivity contribution in [1.82, 2.24) is 4.90 Å². The summed E-state index contributed by atoms with van der Waals surface area (Å²) in [5.74, 6) is 0.563. The molecule has 0 aromatic heterocycles. The van der Waals surface area contributed by atoms with Crippen LogP contribution in [0.2, 0.25) is 0 Å². The Labute approximate surface area is 199 Å². The lowest BCUT2D eigenvalue weighted by atomic mass is 10.1. The van der Waals surface area contributed by atoms with Gasteiger partial charge >= 0.3 is 0 Å². The highest BCUT2D eigenvalue weighted by molar-refractivity contribution is 7.87. The Bertz CT molecular complexity index is 1420. The van der Waals surface area contributed by atoms with Crippen molar-refractivity contribution in [3.05, 3.63) is 127 Å². The van der Waals surface area contributed by atoms with Crippen molar-refractivity contribution >= 4 is 46.0 Å². The summed E-state index contributed by atoms with van der Waals surface area (Å²) in [5.41, 5.74) is 3.15. The minimum Gasteiger partial charge on any atom is -0.294 e. The van der Waals surface area contributed by atoms with Gasteiger partial charge in [0, 0.05) is 28.5 Å². The van der Waals surface area contributed by atoms with Crippen molar-refractivity contribution in [2.24, 2.45) is 9.74 Å². The van der Waals surface area contributed by atoms with Crippen LogP contribution >= 0.6 is 7.05 Å². The molecule has 34 heavy (non-hydrogen) atoms. The number of benzene rings is 4. The summed E-state index contributed by atoms with van der Waals surface area (Å²) in [6, 6.07) is 39.1. The largest absolute Gasteiger partial charge is 0.294 e. The van der Waals surface area contributed by atoms with E-state index in [1.807, 2.05) is 78.9 Å². The quantitative estimate of drug-likeness (QED) is 0.392.